The number of hydrogen-bond donors (Lipinski definition) is 5. The number of fused-ring (bicyclic) bond motifs is 1. The topological polar surface area (TPSA) is 126 Å². The van der Waals surface area contributed by atoms with Gasteiger partial charge in [-0.1, -0.05) is 18.2 Å². The van der Waals surface area contributed by atoms with Gasteiger partial charge in [0.05, 0.1) is 12.9 Å². The van der Waals surface area contributed by atoms with Crippen LogP contribution in [-0.4, -0.2) is 59.8 Å². The number of aromatic nitrogens is 4. The van der Waals surface area contributed by atoms with E-state index in [4.69, 9.17) is 4.74 Å². The van der Waals surface area contributed by atoms with Crippen LogP contribution in [0.2, 0.25) is 0 Å². The minimum absolute atomic E-state index is 0.397. The Kier molecular flexibility index (Phi) is 4.98. The van der Waals surface area contributed by atoms with E-state index in [-0.39, 0.29) is 0 Å². The zero-order valence-corrected chi connectivity index (χ0v) is 15.1. The van der Waals surface area contributed by atoms with Gasteiger partial charge in [-0.05, 0) is 11.6 Å². The second-order valence-corrected chi connectivity index (χ2v) is 6.74. The third kappa shape index (κ3) is 3.26. The smallest absolute Gasteiger partial charge is 0.167 e. The average Bonchev–Trinajstić information content (AvgIpc) is 3.23. The average molecular weight is 389 g/mol. The van der Waals surface area contributed by atoms with Crippen molar-refractivity contribution < 1.29 is 20.1 Å². The number of aliphatic hydroxyl groups is 3. The highest BCUT2D eigenvalue weighted by atomic mass is 32.1. The van der Waals surface area contributed by atoms with E-state index < -0.39 is 31.1 Å². The van der Waals surface area contributed by atoms with Gasteiger partial charge in [-0.25, -0.2) is 15.0 Å². The molecule has 4 atom stereocenters. The maximum atomic E-state index is 10.2. The predicted octanol–water partition coefficient (Wildman–Crippen LogP) is 0.339. The van der Waals surface area contributed by atoms with Crippen molar-refractivity contribution in [2.75, 3.05) is 11.9 Å². The van der Waals surface area contributed by atoms with E-state index in [1.165, 1.54) is 17.2 Å². The van der Waals surface area contributed by atoms with Gasteiger partial charge >= 0.3 is 0 Å². The Bertz CT molecular complexity index is 952. The van der Waals surface area contributed by atoms with Crippen molar-refractivity contribution in [3.63, 3.8) is 0 Å². The quantitative estimate of drug-likeness (QED) is 0.396. The normalized spacial score (nSPS) is 25.2. The molecule has 4 rings (SSSR count). The molecule has 2 aromatic heterocycles. The maximum Gasteiger partial charge on any atom is 0.167 e. The molecule has 0 saturated carbocycles. The molecule has 3 heterocycles. The van der Waals surface area contributed by atoms with Crippen molar-refractivity contribution in [2.45, 2.75) is 36.0 Å². The molecule has 0 bridgehead atoms. The first-order chi connectivity index (χ1) is 13.1. The molecule has 0 amide bonds. The molecule has 142 valence electrons. The largest absolute Gasteiger partial charge is 0.394 e. The first-order valence-corrected chi connectivity index (χ1v) is 8.85. The van der Waals surface area contributed by atoms with Crippen LogP contribution in [0.1, 0.15) is 11.8 Å². The van der Waals surface area contributed by atoms with Crippen LogP contribution in [-0.2, 0) is 11.3 Å². The van der Waals surface area contributed by atoms with Gasteiger partial charge in [0.15, 0.2) is 23.2 Å². The lowest BCUT2D eigenvalue weighted by molar-refractivity contribution is -0.0511. The van der Waals surface area contributed by atoms with Crippen LogP contribution in [0.5, 0.6) is 0 Å². The zero-order valence-electron chi connectivity index (χ0n) is 14.2. The molecule has 1 aliphatic heterocycles. The van der Waals surface area contributed by atoms with Gasteiger partial charge in [0, 0.05) is 11.4 Å². The van der Waals surface area contributed by atoms with Crippen molar-refractivity contribution >= 4 is 29.6 Å². The summed E-state index contributed by atoms with van der Waals surface area (Å²) in [4.78, 5) is 13.7. The van der Waals surface area contributed by atoms with Crippen LogP contribution in [0.3, 0.4) is 0 Å². The number of nitrogens with one attached hydrogen (secondary N) is 1. The minimum Gasteiger partial charge on any atom is -0.394 e. The number of anilines is 1. The zero-order chi connectivity index (χ0) is 19.0. The highest BCUT2D eigenvalue weighted by Crippen LogP contribution is 2.32. The fourth-order valence-corrected chi connectivity index (χ4v) is 3.36. The van der Waals surface area contributed by atoms with Crippen molar-refractivity contribution in [1.29, 1.82) is 0 Å². The summed E-state index contributed by atoms with van der Waals surface area (Å²) in [6, 6.07) is 7.72. The fourth-order valence-electron chi connectivity index (χ4n) is 3.12. The Hall–Kier alpha value is -2.24. The van der Waals surface area contributed by atoms with E-state index >= 15 is 0 Å². The number of imidazole rings is 1. The van der Waals surface area contributed by atoms with Crippen LogP contribution in [0.25, 0.3) is 11.2 Å². The lowest BCUT2D eigenvalue weighted by Gasteiger charge is -2.16. The molecule has 0 radical (unpaired) electrons. The summed E-state index contributed by atoms with van der Waals surface area (Å²) >= 11 is 4.44. The minimum atomic E-state index is -1.21. The Morgan fingerprint density at radius 2 is 1.96 bits per heavy atom. The number of thiol groups is 1. The second kappa shape index (κ2) is 7.41. The summed E-state index contributed by atoms with van der Waals surface area (Å²) in [5.74, 6) is 0.530. The fraction of sp³-hybridized carbons (Fsp3) is 0.353. The molecular weight excluding hydrogens is 370 g/mol. The van der Waals surface area contributed by atoms with E-state index in [0.29, 0.717) is 23.5 Å². The summed E-state index contributed by atoms with van der Waals surface area (Å²) in [7, 11) is 0. The van der Waals surface area contributed by atoms with E-state index in [0.717, 1.165) is 10.5 Å². The molecule has 0 unspecified atom stereocenters. The van der Waals surface area contributed by atoms with Gasteiger partial charge in [-0.2, -0.15) is 0 Å². The molecule has 0 aliphatic carbocycles. The van der Waals surface area contributed by atoms with Gasteiger partial charge in [-0.3, -0.25) is 4.57 Å². The van der Waals surface area contributed by atoms with Gasteiger partial charge in [-0.15, -0.1) is 12.6 Å². The summed E-state index contributed by atoms with van der Waals surface area (Å²) in [5, 5.41) is 32.7. The third-order valence-electron chi connectivity index (χ3n) is 4.59. The molecule has 1 aromatic carbocycles. The van der Waals surface area contributed by atoms with Gasteiger partial charge in [0.2, 0.25) is 0 Å². The molecular formula is C17H19N5O4S. The van der Waals surface area contributed by atoms with Crippen LogP contribution in [0, 0.1) is 0 Å². The lowest BCUT2D eigenvalue weighted by atomic mass is 10.1. The number of hydrogen-bond acceptors (Lipinski definition) is 9. The Morgan fingerprint density at radius 3 is 2.70 bits per heavy atom. The third-order valence-corrected chi connectivity index (χ3v) is 5.02. The SMILES string of the molecule is OC[C@H]1O[C@@H](n2cnc3c(NCc4ccccc4S)ncnc32)[C@H](O)[C@@H]1O. The summed E-state index contributed by atoms with van der Waals surface area (Å²) in [5.41, 5.74) is 1.96. The molecule has 4 N–H and O–H groups in total. The Morgan fingerprint density at radius 1 is 1.15 bits per heavy atom. The van der Waals surface area contributed by atoms with Gasteiger partial charge in [0.25, 0.3) is 0 Å². The van der Waals surface area contributed by atoms with Crippen molar-refractivity contribution in [1.82, 2.24) is 19.5 Å². The summed E-state index contributed by atoms with van der Waals surface area (Å²) in [6.45, 7) is 0.110. The molecule has 1 saturated heterocycles. The Balaban J connectivity index is 1.61. The number of rotatable bonds is 5. The van der Waals surface area contributed by atoms with E-state index in [9.17, 15) is 15.3 Å². The molecule has 1 fully saturated rings. The predicted molar refractivity (Wildman–Crippen MR) is 99.4 cm³/mol. The number of benzene rings is 1. The van der Waals surface area contributed by atoms with Crippen LogP contribution in [0.15, 0.2) is 41.8 Å². The Labute approximate surface area is 160 Å². The highest BCUT2D eigenvalue weighted by molar-refractivity contribution is 7.80. The van der Waals surface area contributed by atoms with Crippen molar-refractivity contribution in [2.24, 2.45) is 0 Å². The van der Waals surface area contributed by atoms with Crippen LogP contribution >= 0.6 is 12.6 Å². The van der Waals surface area contributed by atoms with Gasteiger partial charge in [0.1, 0.15) is 24.6 Å². The molecule has 10 heteroatoms. The van der Waals surface area contributed by atoms with Crippen molar-refractivity contribution in [3.05, 3.63) is 42.5 Å². The van der Waals surface area contributed by atoms with Crippen LogP contribution in [0.4, 0.5) is 5.82 Å². The van der Waals surface area contributed by atoms with Crippen LogP contribution < -0.4 is 5.32 Å². The highest BCUT2D eigenvalue weighted by Gasteiger charge is 2.44. The van der Waals surface area contributed by atoms with E-state index in [1.54, 1.807) is 0 Å². The lowest BCUT2D eigenvalue weighted by Crippen LogP contribution is -2.33. The standard InChI is InChI=1S/C17H19N5O4S/c23-6-10-13(24)14(25)17(26-10)22-8-21-12-15(19-7-20-16(12)22)18-5-9-3-1-2-4-11(9)27/h1-4,7-8,10,13-14,17,23-25,27H,5-6H2,(H,18,19,20)/t10-,13-,14-,17-/m1/s1. The monoisotopic (exact) mass is 389 g/mol. The first-order valence-electron chi connectivity index (χ1n) is 8.41. The van der Waals surface area contributed by atoms with Crippen molar-refractivity contribution in [3.8, 4) is 0 Å². The molecule has 0 spiro atoms. The summed E-state index contributed by atoms with van der Waals surface area (Å²) < 4.78 is 7.08. The molecule has 1 aliphatic rings. The number of ether oxygens (including phenoxy) is 1. The summed E-state index contributed by atoms with van der Waals surface area (Å²) in [6.07, 6.45) is -1.31. The van der Waals surface area contributed by atoms with E-state index in [2.05, 4.69) is 32.9 Å². The van der Waals surface area contributed by atoms with Gasteiger partial charge < -0.3 is 25.4 Å². The molecule has 27 heavy (non-hydrogen) atoms. The molecule has 3 aromatic rings. The number of nitrogens with zero attached hydrogens (tertiary/aromatic N) is 4. The number of aliphatic hydroxyl groups excluding tert-OH is 3. The van der Waals surface area contributed by atoms with E-state index in [1.807, 2.05) is 24.3 Å². The second-order valence-electron chi connectivity index (χ2n) is 6.26. The maximum absolute atomic E-state index is 10.2. The molecule has 9 nitrogen and oxygen atoms in total. The first kappa shape index (κ1) is 18.1.